The summed E-state index contributed by atoms with van der Waals surface area (Å²) in [6.07, 6.45) is 4.78. The Morgan fingerprint density at radius 1 is 1.25 bits per heavy atom. The number of Topliss-reactive ketones (excluding diaryl/α,β-unsaturated/α-hetero) is 1. The standard InChI is InChI=1S/C11H20O4S/c1-3-4-5-6-9(12)10(16(2)15)7-8-11(13)14/h10H,3-8H2,1-2H3,(H,13,14). The molecule has 0 aromatic rings. The molecule has 2 unspecified atom stereocenters. The molecule has 16 heavy (non-hydrogen) atoms. The fraction of sp³-hybridized carbons (Fsp3) is 0.818. The van der Waals surface area contributed by atoms with Gasteiger partial charge in [0.1, 0.15) is 5.78 Å². The van der Waals surface area contributed by atoms with Gasteiger partial charge in [-0.15, -0.1) is 0 Å². The summed E-state index contributed by atoms with van der Waals surface area (Å²) in [5, 5.41) is 7.93. The van der Waals surface area contributed by atoms with Crippen LogP contribution in [0.15, 0.2) is 0 Å². The molecule has 0 aliphatic rings. The molecule has 0 saturated carbocycles. The average molecular weight is 248 g/mol. The number of rotatable bonds is 9. The van der Waals surface area contributed by atoms with Crippen molar-refractivity contribution in [3.05, 3.63) is 0 Å². The molecule has 5 heteroatoms. The highest BCUT2D eigenvalue weighted by Crippen LogP contribution is 2.11. The second kappa shape index (κ2) is 8.44. The van der Waals surface area contributed by atoms with Gasteiger partial charge < -0.3 is 5.11 Å². The molecule has 1 N–H and O–H groups in total. The molecule has 0 bridgehead atoms. The second-order valence-corrected chi connectivity index (χ2v) is 5.41. The molecule has 0 saturated heterocycles. The van der Waals surface area contributed by atoms with Crippen molar-refractivity contribution < 1.29 is 18.9 Å². The van der Waals surface area contributed by atoms with E-state index in [0.717, 1.165) is 19.3 Å². The third-order valence-electron chi connectivity index (χ3n) is 2.41. The molecule has 0 aliphatic heterocycles. The van der Waals surface area contributed by atoms with Crippen LogP contribution in [0.3, 0.4) is 0 Å². The van der Waals surface area contributed by atoms with Crippen molar-refractivity contribution in [3.8, 4) is 0 Å². The first-order valence-electron chi connectivity index (χ1n) is 5.55. The Labute approximate surface area is 98.9 Å². The van der Waals surface area contributed by atoms with Crippen molar-refractivity contribution in [3.63, 3.8) is 0 Å². The molecule has 0 aromatic heterocycles. The van der Waals surface area contributed by atoms with Crippen LogP contribution in [0.1, 0.15) is 45.4 Å². The average Bonchev–Trinajstić information content (AvgIpc) is 2.17. The predicted molar refractivity (Wildman–Crippen MR) is 63.9 cm³/mol. The lowest BCUT2D eigenvalue weighted by atomic mass is 10.1. The third kappa shape index (κ3) is 6.71. The molecule has 0 radical (unpaired) electrons. The SMILES string of the molecule is CCCCCC(=O)C(CCC(=O)O)S(C)=O. The Bertz CT molecular complexity index is 263. The van der Waals surface area contributed by atoms with Crippen LogP contribution in [-0.4, -0.2) is 32.6 Å². The second-order valence-electron chi connectivity index (χ2n) is 3.84. The highest BCUT2D eigenvalue weighted by atomic mass is 32.2. The fourth-order valence-electron chi connectivity index (χ4n) is 1.48. The van der Waals surface area contributed by atoms with Crippen LogP contribution >= 0.6 is 0 Å². The maximum Gasteiger partial charge on any atom is 0.303 e. The molecule has 0 spiro atoms. The van der Waals surface area contributed by atoms with Gasteiger partial charge in [-0.3, -0.25) is 13.8 Å². The Morgan fingerprint density at radius 2 is 1.88 bits per heavy atom. The van der Waals surface area contributed by atoms with E-state index in [2.05, 4.69) is 0 Å². The lowest BCUT2D eigenvalue weighted by Crippen LogP contribution is -2.26. The predicted octanol–water partition coefficient (Wildman–Crippen LogP) is 1.75. The number of ketones is 1. The first-order chi connectivity index (χ1) is 7.49. The van der Waals surface area contributed by atoms with Crippen LogP contribution < -0.4 is 0 Å². The van der Waals surface area contributed by atoms with Crippen molar-refractivity contribution >= 4 is 22.6 Å². The van der Waals surface area contributed by atoms with E-state index in [1.165, 1.54) is 6.26 Å². The van der Waals surface area contributed by atoms with Crippen LogP contribution in [0.5, 0.6) is 0 Å². The van der Waals surface area contributed by atoms with Gasteiger partial charge in [-0.05, 0) is 12.8 Å². The number of carboxylic acids is 1. The summed E-state index contributed by atoms with van der Waals surface area (Å²) < 4.78 is 11.3. The first-order valence-corrected chi connectivity index (χ1v) is 7.17. The minimum atomic E-state index is -1.27. The zero-order valence-electron chi connectivity index (χ0n) is 9.90. The van der Waals surface area contributed by atoms with Crippen LogP contribution in [0.2, 0.25) is 0 Å². The van der Waals surface area contributed by atoms with E-state index in [0.29, 0.717) is 6.42 Å². The lowest BCUT2D eigenvalue weighted by molar-refractivity contribution is -0.137. The van der Waals surface area contributed by atoms with E-state index in [1.807, 2.05) is 6.92 Å². The molecule has 94 valence electrons. The summed E-state index contributed by atoms with van der Waals surface area (Å²) in [5.74, 6) is -1.01. The van der Waals surface area contributed by atoms with Gasteiger partial charge in [0, 0.05) is 29.9 Å². The van der Waals surface area contributed by atoms with Crippen molar-refractivity contribution in [1.82, 2.24) is 0 Å². The van der Waals surface area contributed by atoms with Crippen LogP contribution in [0, 0.1) is 0 Å². The molecule has 0 aromatic carbocycles. The number of carbonyl (C=O) groups is 2. The lowest BCUT2D eigenvalue weighted by Gasteiger charge is -2.11. The Kier molecular flexibility index (Phi) is 8.07. The molecular formula is C11H20O4S. The minimum Gasteiger partial charge on any atom is -0.481 e. The molecule has 0 fully saturated rings. The number of carbonyl (C=O) groups excluding carboxylic acids is 1. The van der Waals surface area contributed by atoms with Gasteiger partial charge in [-0.2, -0.15) is 0 Å². The Hall–Kier alpha value is -0.710. The van der Waals surface area contributed by atoms with Gasteiger partial charge in [0.25, 0.3) is 0 Å². The molecule has 2 atom stereocenters. The van der Waals surface area contributed by atoms with Crippen LogP contribution in [0.4, 0.5) is 0 Å². The minimum absolute atomic E-state index is 0.0597. The monoisotopic (exact) mass is 248 g/mol. The largest absolute Gasteiger partial charge is 0.481 e. The number of aliphatic carboxylic acids is 1. The molecule has 0 rings (SSSR count). The maximum atomic E-state index is 11.7. The number of unbranched alkanes of at least 4 members (excludes halogenated alkanes) is 2. The third-order valence-corrected chi connectivity index (χ3v) is 3.71. The maximum absolute atomic E-state index is 11.7. The normalized spacial score (nSPS) is 14.4. The smallest absolute Gasteiger partial charge is 0.303 e. The molecule has 0 amide bonds. The van der Waals surface area contributed by atoms with Gasteiger partial charge in [-0.1, -0.05) is 19.8 Å². The van der Waals surface area contributed by atoms with Crippen molar-refractivity contribution in [2.45, 2.75) is 50.7 Å². The van der Waals surface area contributed by atoms with Gasteiger partial charge in [0.15, 0.2) is 0 Å². The van der Waals surface area contributed by atoms with Gasteiger partial charge >= 0.3 is 5.97 Å². The van der Waals surface area contributed by atoms with Crippen molar-refractivity contribution in [2.24, 2.45) is 0 Å². The number of carboxylic acid groups (broad SMARTS) is 1. The van der Waals surface area contributed by atoms with E-state index in [4.69, 9.17) is 5.11 Å². The van der Waals surface area contributed by atoms with Crippen molar-refractivity contribution in [1.29, 1.82) is 0 Å². The van der Waals surface area contributed by atoms with E-state index >= 15 is 0 Å². The van der Waals surface area contributed by atoms with E-state index in [9.17, 15) is 13.8 Å². The van der Waals surface area contributed by atoms with E-state index in [1.54, 1.807) is 0 Å². The summed E-state index contributed by atoms with van der Waals surface area (Å²) in [6, 6.07) is 0. The topological polar surface area (TPSA) is 71.4 Å². The van der Waals surface area contributed by atoms with Gasteiger partial charge in [0.05, 0.1) is 5.25 Å². The molecule has 4 nitrogen and oxygen atoms in total. The molecule has 0 heterocycles. The van der Waals surface area contributed by atoms with Crippen LogP contribution in [0.25, 0.3) is 0 Å². The zero-order chi connectivity index (χ0) is 12.6. The quantitative estimate of drug-likeness (QED) is 0.631. The highest BCUT2D eigenvalue weighted by Gasteiger charge is 2.22. The Morgan fingerprint density at radius 3 is 2.31 bits per heavy atom. The summed E-state index contributed by atoms with van der Waals surface area (Å²) >= 11 is 0. The molecular weight excluding hydrogens is 228 g/mol. The number of hydrogen-bond acceptors (Lipinski definition) is 3. The van der Waals surface area contributed by atoms with E-state index in [-0.39, 0.29) is 18.6 Å². The zero-order valence-corrected chi connectivity index (χ0v) is 10.7. The van der Waals surface area contributed by atoms with Crippen molar-refractivity contribution in [2.75, 3.05) is 6.26 Å². The highest BCUT2D eigenvalue weighted by molar-refractivity contribution is 7.85. The molecule has 0 aliphatic carbocycles. The Balaban J connectivity index is 4.14. The summed E-state index contributed by atoms with van der Waals surface area (Å²) in [4.78, 5) is 22.1. The van der Waals surface area contributed by atoms with Gasteiger partial charge in [0.2, 0.25) is 0 Å². The van der Waals surface area contributed by atoms with Crippen LogP contribution in [-0.2, 0) is 20.4 Å². The summed E-state index contributed by atoms with van der Waals surface area (Å²) in [6.45, 7) is 2.05. The fourth-order valence-corrected chi connectivity index (χ4v) is 2.41. The van der Waals surface area contributed by atoms with Gasteiger partial charge in [-0.25, -0.2) is 0 Å². The summed E-state index contributed by atoms with van der Waals surface area (Å²) in [7, 11) is -1.27. The number of hydrogen-bond donors (Lipinski definition) is 1. The van der Waals surface area contributed by atoms with E-state index < -0.39 is 22.0 Å². The summed E-state index contributed by atoms with van der Waals surface area (Å²) in [5.41, 5.74) is 0. The first kappa shape index (κ1) is 15.3.